The smallest absolute Gasteiger partial charge is 0.256 e. The molecule has 10 heteroatoms. The van der Waals surface area contributed by atoms with Crippen LogP contribution < -0.4 is 14.2 Å². The van der Waals surface area contributed by atoms with Gasteiger partial charge < -0.3 is 23.6 Å². The number of carbonyl (C=O) groups excluding carboxylic acids is 1. The molecule has 8 nitrogen and oxygen atoms in total. The standard InChI is InChI=1S/C23H23F2N3O5/c1-30-18-9-14(10-19(31-2)20(18)32-3)21-26-22(33-27-21)13-5-4-8-28(12-13)23(29)16-7-6-15(24)11-17(16)25/h6-7,9-11,13H,4-5,8,12H2,1-3H3. The van der Waals surface area contributed by atoms with Gasteiger partial charge in [-0.05, 0) is 37.1 Å². The fraction of sp³-hybridized carbons (Fsp3) is 0.348. The molecule has 2 heterocycles. The van der Waals surface area contributed by atoms with Crippen molar-refractivity contribution in [3.63, 3.8) is 0 Å². The summed E-state index contributed by atoms with van der Waals surface area (Å²) in [6.07, 6.45) is 1.41. The molecule has 1 saturated heterocycles. The van der Waals surface area contributed by atoms with Gasteiger partial charge >= 0.3 is 0 Å². The second-order valence-corrected chi connectivity index (χ2v) is 7.58. The van der Waals surface area contributed by atoms with Crippen molar-refractivity contribution in [2.24, 2.45) is 0 Å². The Morgan fingerprint density at radius 3 is 2.45 bits per heavy atom. The van der Waals surface area contributed by atoms with Crippen molar-refractivity contribution in [3.05, 3.63) is 53.4 Å². The zero-order valence-electron chi connectivity index (χ0n) is 18.4. The van der Waals surface area contributed by atoms with Crippen LogP contribution in [-0.4, -0.2) is 55.4 Å². The maximum absolute atomic E-state index is 14.1. The van der Waals surface area contributed by atoms with Crippen molar-refractivity contribution in [3.8, 4) is 28.6 Å². The number of carbonyl (C=O) groups is 1. The molecule has 4 rings (SSSR count). The number of benzene rings is 2. The second-order valence-electron chi connectivity index (χ2n) is 7.58. The van der Waals surface area contributed by atoms with Gasteiger partial charge in [0.05, 0.1) is 32.8 Å². The summed E-state index contributed by atoms with van der Waals surface area (Å²) in [4.78, 5) is 18.8. The van der Waals surface area contributed by atoms with Crippen molar-refractivity contribution in [2.75, 3.05) is 34.4 Å². The number of halogens is 2. The maximum atomic E-state index is 14.1. The van der Waals surface area contributed by atoms with Gasteiger partial charge in [-0.2, -0.15) is 4.98 Å². The number of nitrogens with zero attached hydrogens (tertiary/aromatic N) is 3. The number of aromatic nitrogens is 2. The van der Waals surface area contributed by atoms with E-state index >= 15 is 0 Å². The first kappa shape index (κ1) is 22.5. The van der Waals surface area contributed by atoms with E-state index in [-0.39, 0.29) is 18.0 Å². The van der Waals surface area contributed by atoms with E-state index < -0.39 is 17.5 Å². The molecule has 0 aliphatic carbocycles. The monoisotopic (exact) mass is 459 g/mol. The third-order valence-electron chi connectivity index (χ3n) is 5.58. The molecule has 3 aromatic rings. The number of rotatable bonds is 6. The van der Waals surface area contributed by atoms with Crippen LogP contribution in [0.3, 0.4) is 0 Å². The highest BCUT2D eigenvalue weighted by molar-refractivity contribution is 5.94. The molecule has 33 heavy (non-hydrogen) atoms. The Hall–Kier alpha value is -3.69. The van der Waals surface area contributed by atoms with Crippen molar-refractivity contribution in [1.82, 2.24) is 15.0 Å². The Morgan fingerprint density at radius 2 is 1.82 bits per heavy atom. The minimum absolute atomic E-state index is 0.166. The third-order valence-corrected chi connectivity index (χ3v) is 5.58. The topological polar surface area (TPSA) is 86.9 Å². The Labute approximate surface area is 189 Å². The Bertz CT molecular complexity index is 1140. The summed E-state index contributed by atoms with van der Waals surface area (Å²) in [5, 5.41) is 4.08. The number of hydrogen-bond donors (Lipinski definition) is 0. The number of hydrogen-bond acceptors (Lipinski definition) is 7. The molecule has 1 atom stereocenters. The van der Waals surface area contributed by atoms with Crippen LogP contribution in [0.4, 0.5) is 8.78 Å². The second kappa shape index (κ2) is 9.43. The van der Waals surface area contributed by atoms with Crippen LogP contribution >= 0.6 is 0 Å². The molecule has 1 unspecified atom stereocenters. The SMILES string of the molecule is COc1cc(-c2noc(C3CCCN(C(=O)c4ccc(F)cc4F)C3)n2)cc(OC)c1OC. The molecule has 2 aromatic carbocycles. The van der Waals surface area contributed by atoms with Gasteiger partial charge in [0.25, 0.3) is 5.91 Å². The predicted molar refractivity (Wildman–Crippen MR) is 114 cm³/mol. The lowest BCUT2D eigenvalue weighted by molar-refractivity contribution is 0.0691. The molecule has 0 radical (unpaired) electrons. The maximum Gasteiger partial charge on any atom is 0.256 e. The van der Waals surface area contributed by atoms with Crippen LogP contribution in [0.25, 0.3) is 11.4 Å². The highest BCUT2D eigenvalue weighted by Crippen LogP contribution is 2.41. The molecule has 1 aliphatic rings. The molecule has 0 N–H and O–H groups in total. The zero-order chi connectivity index (χ0) is 23.5. The van der Waals surface area contributed by atoms with E-state index in [4.69, 9.17) is 18.7 Å². The highest BCUT2D eigenvalue weighted by atomic mass is 19.1. The molecule has 0 bridgehead atoms. The van der Waals surface area contributed by atoms with Gasteiger partial charge in [-0.25, -0.2) is 8.78 Å². The van der Waals surface area contributed by atoms with E-state index in [0.717, 1.165) is 18.6 Å². The van der Waals surface area contributed by atoms with E-state index in [1.807, 2.05) is 0 Å². The van der Waals surface area contributed by atoms with Gasteiger partial charge in [0.1, 0.15) is 11.6 Å². The number of piperidine rings is 1. The lowest BCUT2D eigenvalue weighted by Crippen LogP contribution is -2.39. The van der Waals surface area contributed by atoms with Crippen molar-refractivity contribution in [2.45, 2.75) is 18.8 Å². The Balaban J connectivity index is 1.56. The fourth-order valence-electron chi connectivity index (χ4n) is 3.92. The quantitative estimate of drug-likeness (QED) is 0.549. The van der Waals surface area contributed by atoms with Gasteiger partial charge in [0, 0.05) is 24.7 Å². The number of likely N-dealkylation sites (tertiary alicyclic amines) is 1. The van der Waals surface area contributed by atoms with Crippen LogP contribution in [0, 0.1) is 11.6 Å². The lowest BCUT2D eigenvalue weighted by atomic mass is 9.97. The molecular formula is C23H23F2N3O5. The molecule has 1 fully saturated rings. The largest absolute Gasteiger partial charge is 0.493 e. The average molecular weight is 459 g/mol. The van der Waals surface area contributed by atoms with Gasteiger partial charge in [-0.15, -0.1) is 0 Å². The van der Waals surface area contributed by atoms with Crippen molar-refractivity contribution in [1.29, 1.82) is 0 Å². The molecule has 1 amide bonds. The van der Waals surface area contributed by atoms with Crippen LogP contribution in [-0.2, 0) is 0 Å². The van der Waals surface area contributed by atoms with E-state index in [1.165, 1.54) is 26.2 Å². The van der Waals surface area contributed by atoms with E-state index in [9.17, 15) is 13.6 Å². The van der Waals surface area contributed by atoms with Crippen LogP contribution in [0.1, 0.15) is 35.0 Å². The molecule has 174 valence electrons. The number of methoxy groups -OCH3 is 3. The number of ether oxygens (including phenoxy) is 3. The molecule has 0 spiro atoms. The fourth-order valence-corrected chi connectivity index (χ4v) is 3.92. The summed E-state index contributed by atoms with van der Waals surface area (Å²) in [5.74, 6) is -0.274. The lowest BCUT2D eigenvalue weighted by Gasteiger charge is -2.31. The van der Waals surface area contributed by atoms with Gasteiger partial charge in [-0.3, -0.25) is 4.79 Å². The van der Waals surface area contributed by atoms with Crippen LogP contribution in [0.15, 0.2) is 34.9 Å². The Kier molecular flexibility index (Phi) is 6.43. The molecule has 1 aliphatic heterocycles. The first-order valence-electron chi connectivity index (χ1n) is 10.3. The van der Waals surface area contributed by atoms with E-state index in [1.54, 1.807) is 12.1 Å². The summed E-state index contributed by atoms with van der Waals surface area (Å²) in [6.45, 7) is 0.743. The summed E-state index contributed by atoms with van der Waals surface area (Å²) in [6, 6.07) is 6.36. The first-order chi connectivity index (χ1) is 15.9. The highest BCUT2D eigenvalue weighted by Gasteiger charge is 2.30. The van der Waals surface area contributed by atoms with Crippen LogP contribution in [0.5, 0.6) is 17.2 Å². The first-order valence-corrected chi connectivity index (χ1v) is 10.3. The summed E-state index contributed by atoms with van der Waals surface area (Å²) >= 11 is 0. The van der Waals surface area contributed by atoms with Gasteiger partial charge in [0.2, 0.25) is 17.5 Å². The predicted octanol–water partition coefficient (Wildman–Crippen LogP) is 4.06. The molecular weight excluding hydrogens is 436 g/mol. The van der Waals surface area contributed by atoms with Crippen LogP contribution in [0.2, 0.25) is 0 Å². The minimum atomic E-state index is -0.885. The molecule has 1 aromatic heterocycles. The summed E-state index contributed by atoms with van der Waals surface area (Å²) in [7, 11) is 4.54. The van der Waals surface area contributed by atoms with Crippen molar-refractivity contribution < 1.29 is 32.3 Å². The third kappa shape index (κ3) is 4.46. The zero-order valence-corrected chi connectivity index (χ0v) is 18.4. The average Bonchev–Trinajstić information content (AvgIpc) is 3.33. The normalized spacial score (nSPS) is 15.9. The Morgan fingerprint density at radius 1 is 1.09 bits per heavy atom. The van der Waals surface area contributed by atoms with E-state index in [2.05, 4.69) is 10.1 Å². The van der Waals surface area contributed by atoms with Crippen molar-refractivity contribution >= 4 is 5.91 Å². The molecule has 0 saturated carbocycles. The van der Waals surface area contributed by atoms with E-state index in [0.29, 0.717) is 53.6 Å². The number of amides is 1. The van der Waals surface area contributed by atoms with Gasteiger partial charge in [0.15, 0.2) is 11.5 Å². The summed E-state index contributed by atoms with van der Waals surface area (Å²) in [5.41, 5.74) is 0.442. The minimum Gasteiger partial charge on any atom is -0.493 e. The van der Waals surface area contributed by atoms with Gasteiger partial charge in [-0.1, -0.05) is 5.16 Å². The summed E-state index contributed by atoms with van der Waals surface area (Å²) < 4.78 is 48.9.